The third-order valence-corrected chi connectivity index (χ3v) is 5.35. The van der Waals surface area contributed by atoms with E-state index in [4.69, 9.17) is 0 Å². The number of piperidine rings is 1. The van der Waals surface area contributed by atoms with Gasteiger partial charge >= 0.3 is 0 Å². The van der Waals surface area contributed by atoms with Crippen molar-refractivity contribution in [1.82, 2.24) is 20.2 Å². The standard InChI is InChI=1S/C19H19BrN6O/c20-16-7-3-2-6-15(16)19(27)22-17-12-14(26-13-21-23-24-26)8-9-18(17)25-10-4-1-5-11-25/h2-3,6-9,12-13H,1,4-5,10-11H2,(H,22,27). The minimum absolute atomic E-state index is 0.158. The van der Waals surface area contributed by atoms with Crippen LogP contribution in [0.4, 0.5) is 11.4 Å². The molecule has 8 heteroatoms. The molecule has 0 aliphatic carbocycles. The molecule has 1 aromatic heterocycles. The second kappa shape index (κ2) is 7.87. The van der Waals surface area contributed by atoms with E-state index in [1.807, 2.05) is 36.4 Å². The molecular weight excluding hydrogens is 408 g/mol. The van der Waals surface area contributed by atoms with Gasteiger partial charge in [-0.3, -0.25) is 4.79 Å². The first kappa shape index (κ1) is 17.7. The number of benzene rings is 2. The number of aromatic nitrogens is 4. The van der Waals surface area contributed by atoms with Gasteiger partial charge < -0.3 is 10.2 Å². The monoisotopic (exact) mass is 426 g/mol. The van der Waals surface area contributed by atoms with Crippen LogP contribution in [0.2, 0.25) is 0 Å². The number of halogens is 1. The van der Waals surface area contributed by atoms with Crippen LogP contribution in [0.25, 0.3) is 5.69 Å². The lowest BCUT2D eigenvalue weighted by molar-refractivity contribution is 0.102. The molecule has 0 saturated carbocycles. The molecule has 2 aromatic carbocycles. The van der Waals surface area contributed by atoms with Crippen LogP contribution in [0, 0.1) is 0 Å². The summed E-state index contributed by atoms with van der Waals surface area (Å²) in [6.45, 7) is 1.98. The van der Waals surface area contributed by atoms with Crippen molar-refractivity contribution in [3.05, 3.63) is 58.8 Å². The van der Waals surface area contributed by atoms with Crippen molar-refractivity contribution in [3.63, 3.8) is 0 Å². The molecule has 1 aliphatic rings. The predicted molar refractivity (Wildman–Crippen MR) is 107 cm³/mol. The van der Waals surface area contributed by atoms with Gasteiger partial charge in [0.1, 0.15) is 6.33 Å². The number of nitrogens with one attached hydrogen (secondary N) is 1. The Labute approximate surface area is 165 Å². The highest BCUT2D eigenvalue weighted by Gasteiger charge is 2.18. The minimum Gasteiger partial charge on any atom is -0.370 e. The number of carbonyl (C=O) groups is 1. The van der Waals surface area contributed by atoms with E-state index in [2.05, 4.69) is 41.7 Å². The maximum atomic E-state index is 12.9. The van der Waals surface area contributed by atoms with Gasteiger partial charge in [0, 0.05) is 17.6 Å². The number of tetrazole rings is 1. The maximum absolute atomic E-state index is 12.9. The number of carbonyl (C=O) groups excluding carboxylic acids is 1. The maximum Gasteiger partial charge on any atom is 0.256 e. The van der Waals surface area contributed by atoms with Crippen LogP contribution in [0.3, 0.4) is 0 Å². The molecule has 27 heavy (non-hydrogen) atoms. The molecule has 0 spiro atoms. The molecule has 0 atom stereocenters. The number of amides is 1. The molecule has 1 saturated heterocycles. The van der Waals surface area contributed by atoms with Crippen molar-refractivity contribution in [2.45, 2.75) is 19.3 Å². The summed E-state index contributed by atoms with van der Waals surface area (Å²) in [6, 6.07) is 13.3. The third kappa shape index (κ3) is 3.85. The summed E-state index contributed by atoms with van der Waals surface area (Å²) in [5, 5.41) is 14.4. The average Bonchev–Trinajstić information content (AvgIpc) is 3.24. The van der Waals surface area contributed by atoms with E-state index in [1.165, 1.54) is 12.7 Å². The first-order chi connectivity index (χ1) is 13.2. The molecule has 0 unspecified atom stereocenters. The Kier molecular flexibility index (Phi) is 5.15. The Balaban J connectivity index is 1.70. The van der Waals surface area contributed by atoms with Crippen molar-refractivity contribution in [2.75, 3.05) is 23.3 Å². The van der Waals surface area contributed by atoms with E-state index >= 15 is 0 Å². The van der Waals surface area contributed by atoms with Gasteiger partial charge in [0.15, 0.2) is 0 Å². The second-order valence-electron chi connectivity index (χ2n) is 6.44. The van der Waals surface area contributed by atoms with E-state index in [9.17, 15) is 4.79 Å². The number of anilines is 2. The van der Waals surface area contributed by atoms with E-state index in [0.717, 1.165) is 47.5 Å². The van der Waals surface area contributed by atoms with Crippen molar-refractivity contribution in [3.8, 4) is 5.69 Å². The molecule has 1 N–H and O–H groups in total. The Bertz CT molecular complexity index is 937. The number of hydrogen-bond donors (Lipinski definition) is 1. The Hall–Kier alpha value is -2.74. The Morgan fingerprint density at radius 2 is 1.89 bits per heavy atom. The smallest absolute Gasteiger partial charge is 0.256 e. The third-order valence-electron chi connectivity index (χ3n) is 4.66. The molecule has 3 aromatic rings. The first-order valence-electron chi connectivity index (χ1n) is 8.90. The highest BCUT2D eigenvalue weighted by molar-refractivity contribution is 9.10. The molecule has 1 fully saturated rings. The normalized spacial score (nSPS) is 14.2. The fourth-order valence-electron chi connectivity index (χ4n) is 3.29. The summed E-state index contributed by atoms with van der Waals surface area (Å²) in [6.07, 6.45) is 5.10. The van der Waals surface area contributed by atoms with E-state index < -0.39 is 0 Å². The molecule has 1 amide bonds. The van der Waals surface area contributed by atoms with Gasteiger partial charge in [-0.2, -0.15) is 0 Å². The highest BCUT2D eigenvalue weighted by Crippen LogP contribution is 2.31. The van der Waals surface area contributed by atoms with Crippen molar-refractivity contribution in [1.29, 1.82) is 0 Å². The zero-order valence-corrected chi connectivity index (χ0v) is 16.3. The SMILES string of the molecule is O=C(Nc1cc(-n2cnnn2)ccc1N1CCCCC1)c1ccccc1Br. The molecule has 2 heterocycles. The van der Waals surface area contributed by atoms with Crippen molar-refractivity contribution < 1.29 is 4.79 Å². The van der Waals surface area contributed by atoms with Gasteiger partial charge in [0.2, 0.25) is 0 Å². The van der Waals surface area contributed by atoms with Crippen LogP contribution >= 0.6 is 15.9 Å². The van der Waals surface area contributed by atoms with E-state index in [0.29, 0.717) is 5.56 Å². The quantitative estimate of drug-likeness (QED) is 0.688. The van der Waals surface area contributed by atoms with Gasteiger partial charge in [-0.25, -0.2) is 4.68 Å². The lowest BCUT2D eigenvalue weighted by Gasteiger charge is -2.30. The van der Waals surface area contributed by atoms with Gasteiger partial charge in [-0.1, -0.05) is 12.1 Å². The summed E-state index contributed by atoms with van der Waals surface area (Å²) >= 11 is 3.45. The molecular formula is C19H19BrN6O. The van der Waals surface area contributed by atoms with Crippen molar-refractivity contribution >= 4 is 33.2 Å². The summed E-state index contributed by atoms with van der Waals surface area (Å²) in [5.74, 6) is -0.158. The van der Waals surface area contributed by atoms with E-state index in [-0.39, 0.29) is 5.91 Å². The predicted octanol–water partition coefficient (Wildman–Crippen LogP) is 3.67. The molecule has 138 valence electrons. The summed E-state index contributed by atoms with van der Waals surface area (Å²) in [7, 11) is 0. The van der Waals surface area contributed by atoms with Gasteiger partial charge in [0.05, 0.1) is 22.6 Å². The Morgan fingerprint density at radius 1 is 1.07 bits per heavy atom. The van der Waals surface area contributed by atoms with Crippen molar-refractivity contribution in [2.24, 2.45) is 0 Å². The zero-order valence-electron chi connectivity index (χ0n) is 14.7. The molecule has 0 bridgehead atoms. The average molecular weight is 427 g/mol. The van der Waals surface area contributed by atoms with Crippen LogP contribution in [0.15, 0.2) is 53.3 Å². The van der Waals surface area contributed by atoms with Crippen LogP contribution in [-0.4, -0.2) is 39.2 Å². The van der Waals surface area contributed by atoms with Gasteiger partial charge in [-0.05, 0) is 76.0 Å². The van der Waals surface area contributed by atoms with E-state index in [1.54, 1.807) is 10.7 Å². The van der Waals surface area contributed by atoms with Gasteiger partial charge in [0.25, 0.3) is 5.91 Å². The minimum atomic E-state index is -0.158. The largest absolute Gasteiger partial charge is 0.370 e. The fraction of sp³-hybridized carbons (Fsp3) is 0.263. The fourth-order valence-corrected chi connectivity index (χ4v) is 3.76. The lowest BCUT2D eigenvalue weighted by atomic mass is 10.1. The summed E-state index contributed by atoms with van der Waals surface area (Å²) in [5.41, 5.74) is 3.16. The lowest BCUT2D eigenvalue weighted by Crippen LogP contribution is -2.30. The topological polar surface area (TPSA) is 75.9 Å². The Morgan fingerprint density at radius 3 is 2.63 bits per heavy atom. The summed E-state index contributed by atoms with van der Waals surface area (Å²) in [4.78, 5) is 15.2. The van der Waals surface area contributed by atoms with Crippen LogP contribution in [0.1, 0.15) is 29.6 Å². The number of nitrogens with zero attached hydrogens (tertiary/aromatic N) is 5. The number of rotatable bonds is 4. The van der Waals surface area contributed by atoms with Gasteiger partial charge in [-0.15, -0.1) is 5.10 Å². The molecule has 0 radical (unpaired) electrons. The zero-order chi connectivity index (χ0) is 18.6. The first-order valence-corrected chi connectivity index (χ1v) is 9.70. The van der Waals surface area contributed by atoms with Crippen LogP contribution in [-0.2, 0) is 0 Å². The second-order valence-corrected chi connectivity index (χ2v) is 7.29. The molecule has 4 rings (SSSR count). The molecule has 7 nitrogen and oxygen atoms in total. The molecule has 1 aliphatic heterocycles. The summed E-state index contributed by atoms with van der Waals surface area (Å²) < 4.78 is 2.34. The van der Waals surface area contributed by atoms with Crippen LogP contribution in [0.5, 0.6) is 0 Å². The highest BCUT2D eigenvalue weighted by atomic mass is 79.9. The van der Waals surface area contributed by atoms with Crippen LogP contribution < -0.4 is 10.2 Å². The number of hydrogen-bond acceptors (Lipinski definition) is 5.